The summed E-state index contributed by atoms with van der Waals surface area (Å²) in [7, 11) is -3.61. The number of sulfonamides is 1. The Hall–Kier alpha value is -2.79. The van der Waals surface area contributed by atoms with Crippen LogP contribution < -0.4 is 9.04 Å². The minimum absolute atomic E-state index is 0.0994. The number of para-hydroxylation sites is 2. The molecule has 0 saturated heterocycles. The number of ether oxygens (including phenoxy) is 1. The average molecular weight is 365 g/mol. The van der Waals surface area contributed by atoms with E-state index in [4.69, 9.17) is 4.74 Å². The molecular formula is C21H19NO3S. The molecule has 4 rings (SSSR count). The SMILES string of the molecule is C[C@@H]1Cc2ccccc2N1S(=O)(=O)c1ccc(Oc2ccccc2)cc1. The molecule has 1 atom stereocenters. The highest BCUT2D eigenvalue weighted by Gasteiger charge is 2.35. The van der Waals surface area contributed by atoms with Gasteiger partial charge < -0.3 is 4.74 Å². The van der Waals surface area contributed by atoms with Crippen LogP contribution in [0, 0.1) is 0 Å². The first-order valence-corrected chi connectivity index (χ1v) is 9.95. The maximum Gasteiger partial charge on any atom is 0.264 e. The van der Waals surface area contributed by atoms with E-state index in [-0.39, 0.29) is 10.9 Å². The van der Waals surface area contributed by atoms with Gasteiger partial charge in [-0.3, -0.25) is 4.31 Å². The smallest absolute Gasteiger partial charge is 0.264 e. The summed E-state index contributed by atoms with van der Waals surface area (Å²) in [6.07, 6.45) is 0.727. The van der Waals surface area contributed by atoms with E-state index in [0.717, 1.165) is 17.7 Å². The molecule has 0 saturated carbocycles. The van der Waals surface area contributed by atoms with Gasteiger partial charge in [-0.2, -0.15) is 0 Å². The van der Waals surface area contributed by atoms with Crippen LogP contribution in [0.15, 0.2) is 83.8 Å². The van der Waals surface area contributed by atoms with Crippen LogP contribution in [-0.4, -0.2) is 14.5 Å². The Balaban J connectivity index is 1.63. The van der Waals surface area contributed by atoms with Gasteiger partial charge in [-0.05, 0) is 61.4 Å². The Bertz CT molecular complexity index is 1010. The van der Waals surface area contributed by atoms with Crippen molar-refractivity contribution in [1.29, 1.82) is 0 Å². The predicted octanol–water partition coefficient (Wildman–Crippen LogP) is 4.62. The molecule has 132 valence electrons. The van der Waals surface area contributed by atoms with Gasteiger partial charge in [-0.25, -0.2) is 8.42 Å². The van der Waals surface area contributed by atoms with Crippen molar-refractivity contribution < 1.29 is 13.2 Å². The second-order valence-corrected chi connectivity index (χ2v) is 8.18. The number of rotatable bonds is 4. The van der Waals surface area contributed by atoms with Crippen LogP contribution in [0.5, 0.6) is 11.5 Å². The molecule has 5 heteroatoms. The van der Waals surface area contributed by atoms with Crippen molar-refractivity contribution >= 4 is 15.7 Å². The van der Waals surface area contributed by atoms with Crippen LogP contribution in [0.2, 0.25) is 0 Å². The molecule has 1 heterocycles. The fraction of sp³-hybridized carbons (Fsp3) is 0.143. The standard InChI is InChI=1S/C21H19NO3S/c1-16-15-17-7-5-6-10-21(17)22(16)26(23,24)20-13-11-19(12-14-20)25-18-8-3-2-4-9-18/h2-14,16H,15H2,1H3/t16-/m1/s1. The third kappa shape index (κ3) is 2.95. The van der Waals surface area contributed by atoms with E-state index in [1.165, 1.54) is 4.31 Å². The molecule has 1 aliphatic rings. The Morgan fingerprint density at radius 2 is 1.46 bits per heavy atom. The third-order valence-electron chi connectivity index (χ3n) is 4.50. The molecule has 26 heavy (non-hydrogen) atoms. The quantitative estimate of drug-likeness (QED) is 0.678. The zero-order valence-corrected chi connectivity index (χ0v) is 15.2. The first-order valence-electron chi connectivity index (χ1n) is 8.51. The fourth-order valence-corrected chi connectivity index (χ4v) is 5.01. The molecule has 0 spiro atoms. The van der Waals surface area contributed by atoms with Crippen molar-refractivity contribution in [3.8, 4) is 11.5 Å². The summed E-state index contributed by atoms with van der Waals surface area (Å²) >= 11 is 0. The van der Waals surface area contributed by atoms with Crippen LogP contribution in [0.3, 0.4) is 0 Å². The van der Waals surface area contributed by atoms with Crippen molar-refractivity contribution in [3.05, 3.63) is 84.4 Å². The first kappa shape index (κ1) is 16.7. The largest absolute Gasteiger partial charge is 0.457 e. The van der Waals surface area contributed by atoms with E-state index >= 15 is 0 Å². The summed E-state index contributed by atoms with van der Waals surface area (Å²) in [5, 5.41) is 0. The lowest BCUT2D eigenvalue weighted by Crippen LogP contribution is -2.35. The van der Waals surface area contributed by atoms with E-state index in [2.05, 4.69) is 0 Å². The summed E-state index contributed by atoms with van der Waals surface area (Å²) in [6.45, 7) is 1.93. The first-order chi connectivity index (χ1) is 12.6. The lowest BCUT2D eigenvalue weighted by molar-refractivity contribution is 0.482. The normalized spacial score (nSPS) is 16.3. The number of benzene rings is 3. The maximum atomic E-state index is 13.2. The monoisotopic (exact) mass is 365 g/mol. The fourth-order valence-electron chi connectivity index (χ4n) is 3.32. The van der Waals surface area contributed by atoms with Gasteiger partial charge in [0, 0.05) is 6.04 Å². The van der Waals surface area contributed by atoms with Crippen molar-refractivity contribution in [3.63, 3.8) is 0 Å². The molecule has 0 N–H and O–H groups in total. The number of hydrogen-bond acceptors (Lipinski definition) is 3. The predicted molar refractivity (Wildman–Crippen MR) is 102 cm³/mol. The van der Waals surface area contributed by atoms with Crippen LogP contribution in [-0.2, 0) is 16.4 Å². The Morgan fingerprint density at radius 1 is 0.846 bits per heavy atom. The van der Waals surface area contributed by atoms with Crippen molar-refractivity contribution in [2.24, 2.45) is 0 Å². The molecule has 1 aliphatic heterocycles. The summed E-state index contributed by atoms with van der Waals surface area (Å²) in [6, 6.07) is 23.5. The van der Waals surface area contributed by atoms with E-state index < -0.39 is 10.0 Å². The minimum atomic E-state index is -3.61. The molecule has 0 fully saturated rings. The Morgan fingerprint density at radius 3 is 2.19 bits per heavy atom. The van der Waals surface area contributed by atoms with Gasteiger partial charge in [0.2, 0.25) is 0 Å². The van der Waals surface area contributed by atoms with Gasteiger partial charge in [0.05, 0.1) is 10.6 Å². The summed E-state index contributed by atoms with van der Waals surface area (Å²) in [5.74, 6) is 1.32. The van der Waals surface area contributed by atoms with Crippen LogP contribution in [0.25, 0.3) is 0 Å². The molecule has 0 aromatic heterocycles. The zero-order chi connectivity index (χ0) is 18.1. The van der Waals surface area contributed by atoms with E-state index in [0.29, 0.717) is 11.5 Å². The van der Waals surface area contributed by atoms with Gasteiger partial charge in [-0.15, -0.1) is 0 Å². The highest BCUT2D eigenvalue weighted by Crippen LogP contribution is 2.36. The number of fused-ring (bicyclic) bond motifs is 1. The van der Waals surface area contributed by atoms with Crippen molar-refractivity contribution in [2.45, 2.75) is 24.3 Å². The number of hydrogen-bond donors (Lipinski definition) is 0. The lowest BCUT2D eigenvalue weighted by atomic mass is 10.1. The molecule has 0 bridgehead atoms. The summed E-state index contributed by atoms with van der Waals surface area (Å²) < 4.78 is 33.6. The highest BCUT2D eigenvalue weighted by atomic mass is 32.2. The average Bonchev–Trinajstić information content (AvgIpc) is 2.99. The van der Waals surface area contributed by atoms with Gasteiger partial charge in [0.15, 0.2) is 0 Å². The second kappa shape index (κ2) is 6.50. The highest BCUT2D eigenvalue weighted by molar-refractivity contribution is 7.92. The summed E-state index contributed by atoms with van der Waals surface area (Å²) in [5.41, 5.74) is 1.83. The second-order valence-electron chi connectivity index (χ2n) is 6.37. The van der Waals surface area contributed by atoms with Crippen LogP contribution in [0.1, 0.15) is 12.5 Å². The third-order valence-corrected chi connectivity index (χ3v) is 6.45. The molecule has 0 amide bonds. The van der Waals surface area contributed by atoms with Gasteiger partial charge >= 0.3 is 0 Å². The molecule has 4 nitrogen and oxygen atoms in total. The van der Waals surface area contributed by atoms with Gasteiger partial charge in [0.25, 0.3) is 10.0 Å². The lowest BCUT2D eigenvalue weighted by Gasteiger charge is -2.24. The number of anilines is 1. The minimum Gasteiger partial charge on any atom is -0.457 e. The maximum absolute atomic E-state index is 13.2. The van der Waals surface area contributed by atoms with Gasteiger partial charge in [0.1, 0.15) is 11.5 Å². The molecule has 0 unspecified atom stereocenters. The van der Waals surface area contributed by atoms with Crippen LogP contribution in [0.4, 0.5) is 5.69 Å². The molecule has 3 aromatic rings. The van der Waals surface area contributed by atoms with Crippen molar-refractivity contribution in [1.82, 2.24) is 0 Å². The zero-order valence-electron chi connectivity index (χ0n) is 14.4. The topological polar surface area (TPSA) is 46.6 Å². The number of nitrogens with zero attached hydrogens (tertiary/aromatic N) is 1. The van der Waals surface area contributed by atoms with E-state index in [9.17, 15) is 8.42 Å². The Kier molecular flexibility index (Phi) is 4.17. The molecule has 3 aromatic carbocycles. The van der Waals surface area contributed by atoms with Gasteiger partial charge in [-0.1, -0.05) is 36.4 Å². The molecule has 0 radical (unpaired) electrons. The molecular weight excluding hydrogens is 346 g/mol. The Labute approximate surface area is 153 Å². The van der Waals surface area contributed by atoms with E-state index in [1.807, 2.05) is 61.5 Å². The molecule has 0 aliphatic carbocycles. The van der Waals surface area contributed by atoms with Crippen LogP contribution >= 0.6 is 0 Å². The van der Waals surface area contributed by atoms with E-state index in [1.54, 1.807) is 24.3 Å². The van der Waals surface area contributed by atoms with Crippen molar-refractivity contribution in [2.75, 3.05) is 4.31 Å². The summed E-state index contributed by atoms with van der Waals surface area (Å²) in [4.78, 5) is 0.265.